The summed E-state index contributed by atoms with van der Waals surface area (Å²) in [6.45, 7) is 1.76. The Hall–Kier alpha value is -1.33. The Morgan fingerprint density at radius 1 is 1.33 bits per heavy atom. The lowest BCUT2D eigenvalue weighted by Crippen LogP contribution is -2.42. The van der Waals surface area contributed by atoms with Crippen molar-refractivity contribution in [3.05, 3.63) is 29.6 Å². The first-order valence-electron chi connectivity index (χ1n) is 7.07. The van der Waals surface area contributed by atoms with Gasteiger partial charge < -0.3 is 15.0 Å². The molecule has 3 rings (SSSR count). The number of benzene rings is 1. The molecule has 6 heteroatoms. The molecule has 1 amide bonds. The number of hydrogen-bond donors (Lipinski definition) is 1. The second kappa shape index (κ2) is 6.62. The molecule has 2 atom stereocenters. The van der Waals surface area contributed by atoms with Gasteiger partial charge in [-0.15, -0.1) is 12.4 Å². The number of ether oxygens (including phenoxy) is 1. The van der Waals surface area contributed by atoms with Crippen LogP contribution in [0.25, 0.3) is 0 Å². The largest absolute Gasteiger partial charge is 0.496 e. The highest BCUT2D eigenvalue weighted by Crippen LogP contribution is 2.31. The molecule has 2 unspecified atom stereocenters. The van der Waals surface area contributed by atoms with E-state index in [1.54, 1.807) is 0 Å². The number of nitrogens with zero attached hydrogens (tertiary/aromatic N) is 1. The van der Waals surface area contributed by atoms with E-state index in [0.717, 1.165) is 32.4 Å². The van der Waals surface area contributed by atoms with Gasteiger partial charge in [0.05, 0.1) is 12.7 Å². The summed E-state index contributed by atoms with van der Waals surface area (Å²) in [5.41, 5.74) is 0.325. The standard InChI is InChI=1S/C15H19FN2O2.ClH/c1-20-14-5-2-10(16)8-13(14)15(19)18-11-3-4-12(18)9-17-7-6-11;/h2,5,8,11-12,17H,3-4,6-7,9H2,1H3;1H. The monoisotopic (exact) mass is 314 g/mol. The molecule has 0 saturated carbocycles. The van der Waals surface area contributed by atoms with Crippen molar-refractivity contribution < 1.29 is 13.9 Å². The summed E-state index contributed by atoms with van der Waals surface area (Å²) in [4.78, 5) is 14.7. The zero-order valence-corrected chi connectivity index (χ0v) is 12.8. The molecule has 2 aliphatic heterocycles. The van der Waals surface area contributed by atoms with Crippen LogP contribution in [0.1, 0.15) is 29.6 Å². The van der Waals surface area contributed by atoms with Gasteiger partial charge in [0, 0.05) is 18.6 Å². The second-order valence-corrected chi connectivity index (χ2v) is 5.43. The molecule has 21 heavy (non-hydrogen) atoms. The van der Waals surface area contributed by atoms with Gasteiger partial charge in [-0.2, -0.15) is 0 Å². The van der Waals surface area contributed by atoms with Gasteiger partial charge >= 0.3 is 0 Å². The molecule has 2 aliphatic rings. The fraction of sp³-hybridized carbons (Fsp3) is 0.533. The van der Waals surface area contributed by atoms with Crippen molar-refractivity contribution in [3.8, 4) is 5.75 Å². The van der Waals surface area contributed by atoms with Crippen LogP contribution < -0.4 is 10.1 Å². The molecule has 2 fully saturated rings. The van der Waals surface area contributed by atoms with Gasteiger partial charge in [-0.05, 0) is 44.0 Å². The number of carbonyl (C=O) groups is 1. The first-order valence-corrected chi connectivity index (χ1v) is 7.07. The molecule has 0 spiro atoms. The minimum absolute atomic E-state index is 0. The molecule has 2 saturated heterocycles. The van der Waals surface area contributed by atoms with E-state index in [-0.39, 0.29) is 30.4 Å². The van der Waals surface area contributed by atoms with E-state index in [2.05, 4.69) is 5.32 Å². The summed E-state index contributed by atoms with van der Waals surface area (Å²) >= 11 is 0. The summed E-state index contributed by atoms with van der Waals surface area (Å²) < 4.78 is 18.7. The third-order valence-electron chi connectivity index (χ3n) is 4.28. The number of hydrogen-bond acceptors (Lipinski definition) is 3. The predicted octanol–water partition coefficient (Wildman–Crippen LogP) is 2.22. The molecular weight excluding hydrogens is 295 g/mol. The minimum Gasteiger partial charge on any atom is -0.496 e. The highest BCUT2D eigenvalue weighted by Gasteiger charge is 2.39. The number of fused-ring (bicyclic) bond motifs is 2. The van der Waals surface area contributed by atoms with Crippen LogP contribution in [0.4, 0.5) is 4.39 Å². The zero-order valence-electron chi connectivity index (χ0n) is 12.0. The fourth-order valence-electron chi connectivity index (χ4n) is 3.30. The van der Waals surface area contributed by atoms with Gasteiger partial charge in [0.1, 0.15) is 11.6 Å². The first kappa shape index (κ1) is 16.0. The number of amides is 1. The van der Waals surface area contributed by atoms with Crippen LogP contribution in [0.5, 0.6) is 5.75 Å². The van der Waals surface area contributed by atoms with E-state index in [1.807, 2.05) is 4.90 Å². The van der Waals surface area contributed by atoms with Gasteiger partial charge in [-0.3, -0.25) is 4.79 Å². The Balaban J connectivity index is 0.00000161. The topological polar surface area (TPSA) is 41.6 Å². The molecule has 0 aliphatic carbocycles. The SMILES string of the molecule is COc1ccc(F)cc1C(=O)N1C2CCNCC1CC2.Cl. The predicted molar refractivity (Wildman–Crippen MR) is 80.7 cm³/mol. The smallest absolute Gasteiger partial charge is 0.258 e. The Bertz CT molecular complexity index is 512. The summed E-state index contributed by atoms with van der Waals surface area (Å²) in [6.07, 6.45) is 3.01. The number of carbonyl (C=O) groups excluding carboxylic acids is 1. The van der Waals surface area contributed by atoms with E-state index in [0.29, 0.717) is 11.3 Å². The lowest BCUT2D eigenvalue weighted by atomic mass is 10.1. The van der Waals surface area contributed by atoms with Crippen LogP contribution >= 0.6 is 12.4 Å². The van der Waals surface area contributed by atoms with Crippen molar-refractivity contribution in [1.82, 2.24) is 10.2 Å². The van der Waals surface area contributed by atoms with E-state index in [9.17, 15) is 9.18 Å². The van der Waals surface area contributed by atoms with Gasteiger partial charge in [-0.1, -0.05) is 0 Å². The fourth-order valence-corrected chi connectivity index (χ4v) is 3.30. The van der Waals surface area contributed by atoms with Crippen molar-refractivity contribution in [2.75, 3.05) is 20.2 Å². The second-order valence-electron chi connectivity index (χ2n) is 5.43. The molecule has 0 radical (unpaired) electrons. The van der Waals surface area contributed by atoms with Crippen molar-refractivity contribution in [2.24, 2.45) is 0 Å². The van der Waals surface area contributed by atoms with Crippen LogP contribution in [0.15, 0.2) is 18.2 Å². The molecule has 116 valence electrons. The summed E-state index contributed by atoms with van der Waals surface area (Å²) in [5.74, 6) is -0.0833. The minimum atomic E-state index is -0.408. The van der Waals surface area contributed by atoms with Gasteiger partial charge in [0.25, 0.3) is 5.91 Å². The van der Waals surface area contributed by atoms with Crippen LogP contribution in [0, 0.1) is 5.82 Å². The number of rotatable bonds is 2. The summed E-state index contributed by atoms with van der Waals surface area (Å²) in [7, 11) is 1.50. The van der Waals surface area contributed by atoms with Crippen LogP contribution in [0.2, 0.25) is 0 Å². The van der Waals surface area contributed by atoms with Crippen LogP contribution in [-0.2, 0) is 0 Å². The molecule has 4 nitrogen and oxygen atoms in total. The van der Waals surface area contributed by atoms with Crippen molar-refractivity contribution in [3.63, 3.8) is 0 Å². The molecule has 1 N–H and O–H groups in total. The number of halogens is 2. The third-order valence-corrected chi connectivity index (χ3v) is 4.28. The number of nitrogens with one attached hydrogen (secondary N) is 1. The maximum atomic E-state index is 13.5. The van der Waals surface area contributed by atoms with Gasteiger partial charge in [-0.25, -0.2) is 4.39 Å². The maximum absolute atomic E-state index is 13.5. The van der Waals surface area contributed by atoms with Crippen LogP contribution in [-0.4, -0.2) is 43.1 Å². The normalized spacial score (nSPS) is 24.2. The Morgan fingerprint density at radius 3 is 2.86 bits per heavy atom. The molecular formula is C15H20ClFN2O2. The zero-order chi connectivity index (χ0) is 14.1. The quantitative estimate of drug-likeness (QED) is 0.910. The number of methoxy groups -OCH3 is 1. The molecule has 0 aromatic heterocycles. The van der Waals surface area contributed by atoms with E-state index in [1.165, 1.54) is 25.3 Å². The van der Waals surface area contributed by atoms with E-state index >= 15 is 0 Å². The van der Waals surface area contributed by atoms with Crippen molar-refractivity contribution in [1.29, 1.82) is 0 Å². The average Bonchev–Trinajstić information content (AvgIpc) is 2.71. The molecule has 2 bridgehead atoms. The Labute approximate surface area is 130 Å². The Morgan fingerprint density at radius 2 is 2.10 bits per heavy atom. The lowest BCUT2D eigenvalue weighted by Gasteiger charge is -2.28. The molecule has 1 aromatic rings. The van der Waals surface area contributed by atoms with Crippen molar-refractivity contribution in [2.45, 2.75) is 31.3 Å². The maximum Gasteiger partial charge on any atom is 0.258 e. The van der Waals surface area contributed by atoms with E-state index in [4.69, 9.17) is 4.74 Å². The highest BCUT2D eigenvalue weighted by atomic mass is 35.5. The average molecular weight is 315 g/mol. The first-order chi connectivity index (χ1) is 9.70. The Kier molecular flexibility index (Phi) is 5.06. The van der Waals surface area contributed by atoms with Gasteiger partial charge in [0.2, 0.25) is 0 Å². The molecule has 2 heterocycles. The summed E-state index contributed by atoms with van der Waals surface area (Å²) in [6, 6.07) is 4.58. The van der Waals surface area contributed by atoms with E-state index < -0.39 is 5.82 Å². The van der Waals surface area contributed by atoms with Gasteiger partial charge in [0.15, 0.2) is 0 Å². The lowest BCUT2D eigenvalue weighted by molar-refractivity contribution is 0.0676. The summed E-state index contributed by atoms with van der Waals surface area (Å²) in [5, 5.41) is 3.36. The van der Waals surface area contributed by atoms with Crippen LogP contribution in [0.3, 0.4) is 0 Å². The highest BCUT2D eigenvalue weighted by molar-refractivity contribution is 5.97. The molecule has 1 aromatic carbocycles. The van der Waals surface area contributed by atoms with Crippen molar-refractivity contribution >= 4 is 18.3 Å². The third kappa shape index (κ3) is 2.99.